The number of hydrogen-bond donors (Lipinski definition) is 1. The van der Waals surface area contributed by atoms with E-state index in [0.29, 0.717) is 12.6 Å². The van der Waals surface area contributed by atoms with E-state index < -0.39 is 0 Å². The molecule has 0 aliphatic carbocycles. The maximum absolute atomic E-state index is 11.7. The van der Waals surface area contributed by atoms with Crippen LogP contribution in [0.25, 0.3) is 0 Å². The third-order valence-corrected chi connectivity index (χ3v) is 3.05. The van der Waals surface area contributed by atoms with E-state index in [-0.39, 0.29) is 5.91 Å². The Morgan fingerprint density at radius 3 is 2.67 bits per heavy atom. The molecule has 1 fully saturated rings. The Morgan fingerprint density at radius 2 is 2.07 bits per heavy atom. The quantitative estimate of drug-likeness (QED) is 0.728. The van der Waals surface area contributed by atoms with Crippen molar-refractivity contribution in [3.63, 3.8) is 0 Å². The summed E-state index contributed by atoms with van der Waals surface area (Å²) in [6, 6.07) is 0.469. The molecule has 15 heavy (non-hydrogen) atoms. The van der Waals surface area contributed by atoms with Crippen LogP contribution in [-0.2, 0) is 4.79 Å². The first-order valence-electron chi connectivity index (χ1n) is 6.25. The van der Waals surface area contributed by atoms with Gasteiger partial charge in [-0.15, -0.1) is 0 Å². The van der Waals surface area contributed by atoms with Crippen LogP contribution in [0.1, 0.15) is 46.0 Å². The van der Waals surface area contributed by atoms with Crippen LogP contribution in [-0.4, -0.2) is 36.5 Å². The molecule has 0 aromatic rings. The van der Waals surface area contributed by atoms with Gasteiger partial charge < -0.3 is 10.2 Å². The molecule has 1 aliphatic heterocycles. The second-order valence-electron chi connectivity index (χ2n) is 4.51. The van der Waals surface area contributed by atoms with E-state index in [4.69, 9.17) is 0 Å². The Balaban J connectivity index is 2.10. The third kappa shape index (κ3) is 4.65. The molecular formula is C12H24N2O. The Bertz CT molecular complexity index is 188. The number of nitrogens with zero attached hydrogens (tertiary/aromatic N) is 1. The summed E-state index contributed by atoms with van der Waals surface area (Å²) in [5.41, 5.74) is 0. The van der Waals surface area contributed by atoms with Gasteiger partial charge in [0.25, 0.3) is 0 Å². The molecule has 1 rings (SSSR count). The minimum absolute atomic E-state index is 0.274. The highest BCUT2D eigenvalue weighted by atomic mass is 16.2. The number of carbonyl (C=O) groups excluding carboxylic acids is 1. The van der Waals surface area contributed by atoms with Gasteiger partial charge in [0.1, 0.15) is 0 Å². The summed E-state index contributed by atoms with van der Waals surface area (Å²) in [6.45, 7) is 6.80. The molecule has 1 N–H and O–H groups in total. The lowest BCUT2D eigenvalue weighted by Crippen LogP contribution is -2.39. The first-order valence-corrected chi connectivity index (χ1v) is 6.25. The van der Waals surface area contributed by atoms with Gasteiger partial charge in [-0.05, 0) is 26.2 Å². The van der Waals surface area contributed by atoms with E-state index in [2.05, 4.69) is 19.2 Å². The standard InChI is InChI=1S/C12H24N2O/c1-3-4-7-11(2)13-10-12(15)14-8-5-6-9-14/h11,13H,3-10H2,1-2H3. The average Bonchev–Trinajstić information content (AvgIpc) is 2.76. The van der Waals surface area contributed by atoms with Crippen molar-refractivity contribution in [3.8, 4) is 0 Å². The first-order chi connectivity index (χ1) is 7.24. The fourth-order valence-corrected chi connectivity index (χ4v) is 1.95. The Morgan fingerprint density at radius 1 is 1.40 bits per heavy atom. The van der Waals surface area contributed by atoms with Gasteiger partial charge in [0, 0.05) is 19.1 Å². The zero-order valence-electron chi connectivity index (χ0n) is 10.1. The summed E-state index contributed by atoms with van der Waals surface area (Å²) < 4.78 is 0. The van der Waals surface area contributed by atoms with E-state index in [9.17, 15) is 4.79 Å². The van der Waals surface area contributed by atoms with Gasteiger partial charge >= 0.3 is 0 Å². The minimum Gasteiger partial charge on any atom is -0.342 e. The van der Waals surface area contributed by atoms with Crippen LogP contribution in [0.3, 0.4) is 0 Å². The second kappa shape index (κ2) is 6.83. The number of amides is 1. The van der Waals surface area contributed by atoms with Gasteiger partial charge in [-0.2, -0.15) is 0 Å². The molecule has 1 aliphatic rings. The fraction of sp³-hybridized carbons (Fsp3) is 0.917. The molecule has 0 spiro atoms. The van der Waals surface area contributed by atoms with Crippen LogP contribution in [0.15, 0.2) is 0 Å². The zero-order chi connectivity index (χ0) is 11.1. The SMILES string of the molecule is CCCCC(C)NCC(=O)N1CCCC1. The van der Waals surface area contributed by atoms with Gasteiger partial charge in [-0.25, -0.2) is 0 Å². The highest BCUT2D eigenvalue weighted by Gasteiger charge is 2.17. The zero-order valence-corrected chi connectivity index (χ0v) is 10.1. The third-order valence-electron chi connectivity index (χ3n) is 3.05. The summed E-state index contributed by atoms with van der Waals surface area (Å²) in [4.78, 5) is 13.7. The lowest BCUT2D eigenvalue weighted by atomic mass is 10.1. The molecule has 1 unspecified atom stereocenters. The predicted molar refractivity (Wildman–Crippen MR) is 62.8 cm³/mol. The molecule has 0 saturated carbocycles. The molecule has 3 nitrogen and oxygen atoms in total. The van der Waals surface area contributed by atoms with Crippen molar-refractivity contribution in [2.75, 3.05) is 19.6 Å². The van der Waals surface area contributed by atoms with Crippen molar-refractivity contribution >= 4 is 5.91 Å². The van der Waals surface area contributed by atoms with Crippen molar-refractivity contribution in [3.05, 3.63) is 0 Å². The molecule has 1 saturated heterocycles. The van der Waals surface area contributed by atoms with Gasteiger partial charge in [-0.3, -0.25) is 4.79 Å². The normalized spacial score (nSPS) is 18.1. The van der Waals surface area contributed by atoms with Crippen LogP contribution in [0.2, 0.25) is 0 Å². The Labute approximate surface area is 93.2 Å². The summed E-state index contributed by atoms with van der Waals surface area (Å²) >= 11 is 0. The number of nitrogens with one attached hydrogen (secondary N) is 1. The van der Waals surface area contributed by atoms with Crippen molar-refractivity contribution in [2.24, 2.45) is 0 Å². The predicted octanol–water partition coefficient (Wildman–Crippen LogP) is 1.78. The molecular weight excluding hydrogens is 188 g/mol. The van der Waals surface area contributed by atoms with E-state index in [1.165, 1.54) is 32.1 Å². The first kappa shape index (κ1) is 12.5. The molecule has 0 radical (unpaired) electrons. The lowest BCUT2D eigenvalue weighted by Gasteiger charge is -2.18. The van der Waals surface area contributed by atoms with Crippen molar-refractivity contribution < 1.29 is 4.79 Å². The average molecular weight is 212 g/mol. The van der Waals surface area contributed by atoms with Crippen LogP contribution in [0, 0.1) is 0 Å². The van der Waals surface area contributed by atoms with E-state index in [1.807, 2.05) is 4.90 Å². The van der Waals surface area contributed by atoms with E-state index >= 15 is 0 Å². The monoisotopic (exact) mass is 212 g/mol. The second-order valence-corrected chi connectivity index (χ2v) is 4.51. The fourth-order valence-electron chi connectivity index (χ4n) is 1.95. The van der Waals surface area contributed by atoms with Crippen LogP contribution in [0.5, 0.6) is 0 Å². The summed E-state index contributed by atoms with van der Waals surface area (Å²) in [6.07, 6.45) is 6.00. The molecule has 88 valence electrons. The van der Waals surface area contributed by atoms with Gasteiger partial charge in [0.15, 0.2) is 0 Å². The smallest absolute Gasteiger partial charge is 0.236 e. The maximum atomic E-state index is 11.7. The number of likely N-dealkylation sites (tertiary alicyclic amines) is 1. The van der Waals surface area contributed by atoms with E-state index in [1.54, 1.807) is 0 Å². The molecule has 3 heteroatoms. The molecule has 1 heterocycles. The van der Waals surface area contributed by atoms with Gasteiger partial charge in [0.2, 0.25) is 5.91 Å². The van der Waals surface area contributed by atoms with Crippen LogP contribution >= 0.6 is 0 Å². The molecule has 1 amide bonds. The molecule has 0 aromatic heterocycles. The number of unbranched alkanes of at least 4 members (excludes halogenated alkanes) is 1. The topological polar surface area (TPSA) is 32.3 Å². The minimum atomic E-state index is 0.274. The number of rotatable bonds is 6. The highest BCUT2D eigenvalue weighted by Crippen LogP contribution is 2.07. The van der Waals surface area contributed by atoms with Gasteiger partial charge in [0.05, 0.1) is 6.54 Å². The largest absolute Gasteiger partial charge is 0.342 e. The van der Waals surface area contributed by atoms with Crippen molar-refractivity contribution in [2.45, 2.75) is 52.0 Å². The van der Waals surface area contributed by atoms with Crippen LogP contribution in [0.4, 0.5) is 0 Å². The Hall–Kier alpha value is -0.570. The molecule has 0 aromatic carbocycles. The number of hydrogen-bond acceptors (Lipinski definition) is 2. The van der Waals surface area contributed by atoms with E-state index in [0.717, 1.165) is 13.1 Å². The van der Waals surface area contributed by atoms with Crippen LogP contribution < -0.4 is 5.32 Å². The lowest BCUT2D eigenvalue weighted by molar-refractivity contribution is -0.129. The molecule has 0 bridgehead atoms. The summed E-state index contributed by atoms with van der Waals surface area (Å²) in [5, 5.41) is 3.30. The highest BCUT2D eigenvalue weighted by molar-refractivity contribution is 5.78. The summed E-state index contributed by atoms with van der Waals surface area (Å²) in [7, 11) is 0. The van der Waals surface area contributed by atoms with Gasteiger partial charge in [-0.1, -0.05) is 19.8 Å². The summed E-state index contributed by atoms with van der Waals surface area (Å²) in [5.74, 6) is 0.274. The van der Waals surface area contributed by atoms with Crippen molar-refractivity contribution in [1.29, 1.82) is 0 Å². The maximum Gasteiger partial charge on any atom is 0.236 e. The number of carbonyl (C=O) groups is 1. The molecule has 1 atom stereocenters. The van der Waals surface area contributed by atoms with Crippen molar-refractivity contribution in [1.82, 2.24) is 10.2 Å². The Kier molecular flexibility index (Phi) is 5.69.